The minimum absolute atomic E-state index is 0.0352. The number of aliphatic hydroxyl groups is 1. The maximum absolute atomic E-state index is 11.6. The van der Waals surface area contributed by atoms with Crippen LogP contribution in [0.5, 0.6) is 0 Å². The third kappa shape index (κ3) is 3.55. The Kier molecular flexibility index (Phi) is 4.79. The summed E-state index contributed by atoms with van der Waals surface area (Å²) in [7, 11) is 0. The van der Waals surface area contributed by atoms with Crippen molar-refractivity contribution in [3.05, 3.63) is 29.8 Å². The van der Waals surface area contributed by atoms with Crippen LogP contribution in [-0.4, -0.2) is 23.7 Å². The maximum Gasteiger partial charge on any atom is 0.224 e. The molecule has 0 aliphatic carbocycles. The van der Waals surface area contributed by atoms with Crippen molar-refractivity contribution in [2.24, 2.45) is 0 Å². The minimum atomic E-state index is -0.169. The quantitative estimate of drug-likeness (QED) is 0.642. The fraction of sp³-hybridized carbons (Fsp3) is 0.417. The number of nitrogens with one attached hydrogen (secondary N) is 1. The third-order valence-corrected chi connectivity index (χ3v) is 2.48. The van der Waals surface area contributed by atoms with E-state index in [0.717, 1.165) is 5.56 Å². The highest BCUT2D eigenvalue weighted by Crippen LogP contribution is 2.10. The number of carbonyl (C=O) groups is 1. The first kappa shape index (κ1) is 12.5. The van der Waals surface area contributed by atoms with Crippen LogP contribution in [0.25, 0.3) is 0 Å². The van der Waals surface area contributed by atoms with E-state index in [1.807, 2.05) is 25.1 Å². The molecule has 0 saturated heterocycles. The lowest BCUT2D eigenvalue weighted by atomic mass is 10.1. The van der Waals surface area contributed by atoms with Crippen LogP contribution in [0.15, 0.2) is 24.3 Å². The molecule has 0 heterocycles. The number of hydrogen-bond donors (Lipinski definition) is 3. The van der Waals surface area contributed by atoms with Gasteiger partial charge in [-0.3, -0.25) is 4.79 Å². The molecule has 4 heteroatoms. The van der Waals surface area contributed by atoms with Gasteiger partial charge >= 0.3 is 0 Å². The first-order chi connectivity index (χ1) is 7.67. The van der Waals surface area contributed by atoms with Crippen molar-refractivity contribution in [1.82, 2.24) is 5.32 Å². The minimum Gasteiger partial charge on any atom is -0.398 e. The zero-order valence-electron chi connectivity index (χ0n) is 9.44. The van der Waals surface area contributed by atoms with Gasteiger partial charge in [0.25, 0.3) is 0 Å². The Hall–Kier alpha value is -1.55. The first-order valence-electron chi connectivity index (χ1n) is 5.41. The summed E-state index contributed by atoms with van der Waals surface area (Å²) in [4.78, 5) is 11.6. The summed E-state index contributed by atoms with van der Waals surface area (Å²) in [5, 5.41) is 11.7. The fourth-order valence-electron chi connectivity index (χ4n) is 1.42. The van der Waals surface area contributed by atoms with E-state index in [9.17, 15) is 4.79 Å². The highest BCUT2D eigenvalue weighted by atomic mass is 16.3. The number of aliphatic hydroxyl groups excluding tert-OH is 1. The number of rotatable bonds is 5. The topological polar surface area (TPSA) is 75.3 Å². The van der Waals surface area contributed by atoms with Gasteiger partial charge in [-0.2, -0.15) is 0 Å². The molecular formula is C12H18N2O2. The van der Waals surface area contributed by atoms with E-state index in [2.05, 4.69) is 5.32 Å². The van der Waals surface area contributed by atoms with Crippen LogP contribution in [-0.2, 0) is 11.2 Å². The van der Waals surface area contributed by atoms with Crippen molar-refractivity contribution in [2.75, 3.05) is 12.3 Å². The number of hydrogen-bond acceptors (Lipinski definition) is 3. The van der Waals surface area contributed by atoms with Gasteiger partial charge in [0.05, 0.1) is 19.1 Å². The number of nitrogen functional groups attached to an aromatic ring is 1. The highest BCUT2D eigenvalue weighted by Gasteiger charge is 2.10. The molecule has 0 radical (unpaired) electrons. The van der Waals surface area contributed by atoms with Crippen molar-refractivity contribution in [2.45, 2.75) is 25.8 Å². The molecule has 4 N–H and O–H groups in total. The molecule has 0 bridgehead atoms. The molecule has 1 aromatic rings. The Bertz CT molecular complexity index is 349. The second kappa shape index (κ2) is 6.12. The summed E-state index contributed by atoms with van der Waals surface area (Å²) >= 11 is 0. The van der Waals surface area contributed by atoms with Gasteiger partial charge < -0.3 is 16.2 Å². The van der Waals surface area contributed by atoms with E-state index in [4.69, 9.17) is 10.8 Å². The Morgan fingerprint density at radius 2 is 2.19 bits per heavy atom. The maximum atomic E-state index is 11.6. The summed E-state index contributed by atoms with van der Waals surface area (Å²) in [6, 6.07) is 7.11. The SMILES string of the molecule is CC[C@@H](CO)NC(=O)Cc1ccccc1N. The van der Waals surface area contributed by atoms with Gasteiger partial charge in [-0.1, -0.05) is 25.1 Å². The van der Waals surface area contributed by atoms with Crippen LogP contribution in [0.3, 0.4) is 0 Å². The highest BCUT2D eigenvalue weighted by molar-refractivity contribution is 5.80. The second-order valence-corrected chi connectivity index (χ2v) is 3.73. The largest absolute Gasteiger partial charge is 0.398 e. The van der Waals surface area contributed by atoms with Crippen molar-refractivity contribution < 1.29 is 9.90 Å². The molecule has 0 spiro atoms. The summed E-state index contributed by atoms with van der Waals surface area (Å²) in [5.74, 6) is -0.112. The fourth-order valence-corrected chi connectivity index (χ4v) is 1.42. The lowest BCUT2D eigenvalue weighted by Gasteiger charge is -2.14. The number of carbonyl (C=O) groups excluding carboxylic acids is 1. The molecule has 1 rings (SSSR count). The van der Waals surface area contributed by atoms with Crippen LogP contribution in [0.2, 0.25) is 0 Å². The summed E-state index contributed by atoms with van der Waals surface area (Å²) in [5.41, 5.74) is 7.17. The average Bonchev–Trinajstić information content (AvgIpc) is 2.29. The Labute approximate surface area is 95.5 Å². The van der Waals surface area contributed by atoms with E-state index < -0.39 is 0 Å². The van der Waals surface area contributed by atoms with Gasteiger partial charge in [0.1, 0.15) is 0 Å². The van der Waals surface area contributed by atoms with Crippen LogP contribution >= 0.6 is 0 Å². The van der Waals surface area contributed by atoms with E-state index in [1.165, 1.54) is 0 Å². The van der Waals surface area contributed by atoms with Crippen LogP contribution in [0.1, 0.15) is 18.9 Å². The zero-order valence-corrected chi connectivity index (χ0v) is 9.44. The molecule has 0 aromatic heterocycles. The number of amides is 1. The molecule has 4 nitrogen and oxygen atoms in total. The van der Waals surface area contributed by atoms with Crippen LogP contribution in [0.4, 0.5) is 5.69 Å². The standard InChI is InChI=1S/C12H18N2O2/c1-2-10(8-15)14-12(16)7-9-5-3-4-6-11(9)13/h3-6,10,15H,2,7-8,13H2,1H3,(H,14,16)/t10-/m0/s1. The van der Waals surface area contributed by atoms with Gasteiger partial charge in [-0.05, 0) is 18.1 Å². The van der Waals surface area contributed by atoms with Gasteiger partial charge in [0, 0.05) is 5.69 Å². The second-order valence-electron chi connectivity index (χ2n) is 3.73. The lowest BCUT2D eigenvalue weighted by Crippen LogP contribution is -2.37. The molecular weight excluding hydrogens is 204 g/mol. The predicted molar refractivity (Wildman–Crippen MR) is 63.9 cm³/mol. The normalized spacial score (nSPS) is 12.1. The first-order valence-corrected chi connectivity index (χ1v) is 5.41. The molecule has 16 heavy (non-hydrogen) atoms. The van der Waals surface area contributed by atoms with Crippen LogP contribution < -0.4 is 11.1 Å². The van der Waals surface area contributed by atoms with Crippen molar-refractivity contribution in [1.29, 1.82) is 0 Å². The summed E-state index contributed by atoms with van der Waals surface area (Å²) in [6.07, 6.45) is 0.968. The van der Waals surface area contributed by atoms with Gasteiger partial charge in [0.2, 0.25) is 5.91 Å². The van der Waals surface area contributed by atoms with Crippen molar-refractivity contribution >= 4 is 11.6 Å². The molecule has 0 aliphatic rings. The molecule has 1 atom stereocenters. The molecule has 0 saturated carbocycles. The Morgan fingerprint density at radius 1 is 1.50 bits per heavy atom. The molecule has 0 unspecified atom stereocenters. The number of benzene rings is 1. The third-order valence-electron chi connectivity index (χ3n) is 2.48. The Balaban J connectivity index is 2.55. The average molecular weight is 222 g/mol. The molecule has 0 fully saturated rings. The predicted octanol–water partition coefficient (Wildman–Crippen LogP) is 0.698. The number of anilines is 1. The van der Waals surface area contributed by atoms with Crippen molar-refractivity contribution in [3.8, 4) is 0 Å². The molecule has 1 aromatic carbocycles. The number of para-hydroxylation sites is 1. The molecule has 0 aliphatic heterocycles. The van der Waals surface area contributed by atoms with E-state index in [0.29, 0.717) is 12.1 Å². The molecule has 1 amide bonds. The number of nitrogens with two attached hydrogens (primary N) is 1. The van der Waals surface area contributed by atoms with Gasteiger partial charge in [-0.15, -0.1) is 0 Å². The van der Waals surface area contributed by atoms with E-state index in [-0.39, 0.29) is 25.0 Å². The van der Waals surface area contributed by atoms with Crippen LogP contribution in [0, 0.1) is 0 Å². The molecule has 88 valence electrons. The lowest BCUT2D eigenvalue weighted by molar-refractivity contribution is -0.121. The van der Waals surface area contributed by atoms with E-state index in [1.54, 1.807) is 6.07 Å². The zero-order chi connectivity index (χ0) is 12.0. The van der Waals surface area contributed by atoms with Gasteiger partial charge in [0.15, 0.2) is 0 Å². The van der Waals surface area contributed by atoms with Crippen molar-refractivity contribution in [3.63, 3.8) is 0 Å². The summed E-state index contributed by atoms with van der Waals surface area (Å²) < 4.78 is 0. The van der Waals surface area contributed by atoms with E-state index >= 15 is 0 Å². The van der Waals surface area contributed by atoms with Gasteiger partial charge in [-0.25, -0.2) is 0 Å². The Morgan fingerprint density at radius 3 is 2.75 bits per heavy atom. The monoisotopic (exact) mass is 222 g/mol. The summed E-state index contributed by atoms with van der Waals surface area (Å²) in [6.45, 7) is 1.88. The smallest absolute Gasteiger partial charge is 0.224 e.